The summed E-state index contributed by atoms with van der Waals surface area (Å²) < 4.78 is 44.1. The Kier molecular flexibility index (Phi) is 5.08. The van der Waals surface area contributed by atoms with E-state index in [9.17, 15) is 18.0 Å². The Morgan fingerprint density at radius 2 is 1.78 bits per heavy atom. The van der Waals surface area contributed by atoms with Gasteiger partial charge >= 0.3 is 12.1 Å². The topological polar surface area (TPSA) is 26.3 Å². The number of ether oxygens (including phenoxy) is 1. The average Bonchev–Trinajstić information content (AvgIpc) is 2.52. The number of esters is 1. The van der Waals surface area contributed by atoms with Gasteiger partial charge in [0, 0.05) is 6.42 Å². The van der Waals surface area contributed by atoms with Gasteiger partial charge in [-0.15, -0.1) is 0 Å². The van der Waals surface area contributed by atoms with Crippen molar-refractivity contribution in [1.82, 2.24) is 0 Å². The van der Waals surface area contributed by atoms with Crippen molar-refractivity contribution in [1.29, 1.82) is 0 Å². The summed E-state index contributed by atoms with van der Waals surface area (Å²) >= 11 is 0. The van der Waals surface area contributed by atoms with Crippen molar-refractivity contribution < 1.29 is 22.7 Å². The second kappa shape index (κ2) is 6.86. The molecule has 0 atom stereocenters. The number of alkyl halides is 3. The van der Waals surface area contributed by atoms with Gasteiger partial charge in [-0.25, -0.2) is 0 Å². The van der Waals surface area contributed by atoms with Crippen LogP contribution in [0.3, 0.4) is 0 Å². The molecule has 0 amide bonds. The third-order valence-electron chi connectivity index (χ3n) is 3.55. The van der Waals surface area contributed by atoms with Crippen LogP contribution in [0.4, 0.5) is 13.2 Å². The minimum absolute atomic E-state index is 0.0471. The van der Waals surface area contributed by atoms with Gasteiger partial charge in [0.05, 0.1) is 5.56 Å². The first-order valence-corrected chi connectivity index (χ1v) is 7.24. The molecular formula is C18H17F3O2. The third kappa shape index (κ3) is 4.12. The molecule has 0 radical (unpaired) electrons. The van der Waals surface area contributed by atoms with Crippen molar-refractivity contribution in [3.8, 4) is 11.1 Å². The van der Waals surface area contributed by atoms with E-state index in [1.807, 2.05) is 19.1 Å². The molecule has 0 aliphatic heterocycles. The highest BCUT2D eigenvalue weighted by Gasteiger charge is 2.31. The Labute approximate surface area is 132 Å². The monoisotopic (exact) mass is 322 g/mol. The molecule has 0 saturated carbocycles. The number of rotatable bonds is 4. The van der Waals surface area contributed by atoms with Gasteiger partial charge in [-0.2, -0.15) is 13.2 Å². The van der Waals surface area contributed by atoms with Gasteiger partial charge in [-0.3, -0.25) is 4.79 Å². The summed E-state index contributed by atoms with van der Waals surface area (Å²) in [6.07, 6.45) is -4.20. The lowest BCUT2D eigenvalue weighted by Crippen LogP contribution is -2.08. The minimum atomic E-state index is -4.42. The summed E-state index contributed by atoms with van der Waals surface area (Å²) in [5.74, 6) is -0.388. The Morgan fingerprint density at radius 1 is 1.09 bits per heavy atom. The van der Waals surface area contributed by atoms with Crippen LogP contribution >= 0.6 is 0 Å². The lowest BCUT2D eigenvalue weighted by Gasteiger charge is -2.15. The van der Waals surface area contributed by atoms with E-state index in [4.69, 9.17) is 4.74 Å². The van der Waals surface area contributed by atoms with E-state index in [0.29, 0.717) is 16.7 Å². The largest absolute Gasteiger partial charge is 0.461 e. The quantitative estimate of drug-likeness (QED) is 0.729. The maximum absolute atomic E-state index is 13.0. The lowest BCUT2D eigenvalue weighted by molar-refractivity contribution is -0.144. The fourth-order valence-corrected chi connectivity index (χ4v) is 2.26. The molecule has 23 heavy (non-hydrogen) atoms. The number of aryl methyl sites for hydroxylation is 1. The molecular weight excluding hydrogens is 305 g/mol. The highest BCUT2D eigenvalue weighted by atomic mass is 19.4. The Balaban J connectivity index is 2.50. The molecule has 0 N–H and O–H groups in total. The summed E-state index contributed by atoms with van der Waals surface area (Å²) in [6, 6.07) is 10.7. The summed E-state index contributed by atoms with van der Waals surface area (Å²) in [5.41, 5.74) is 1.81. The van der Waals surface area contributed by atoms with Gasteiger partial charge in [-0.1, -0.05) is 37.3 Å². The predicted molar refractivity (Wildman–Crippen MR) is 81.7 cm³/mol. The van der Waals surface area contributed by atoms with Crippen molar-refractivity contribution in [3.05, 3.63) is 59.2 Å². The Bertz CT molecular complexity index is 706. The molecule has 0 heterocycles. The van der Waals surface area contributed by atoms with Gasteiger partial charge < -0.3 is 4.74 Å². The van der Waals surface area contributed by atoms with Crippen LogP contribution in [0.5, 0.6) is 0 Å². The van der Waals surface area contributed by atoms with Gasteiger partial charge in [-0.05, 0) is 41.3 Å². The van der Waals surface area contributed by atoms with Crippen molar-refractivity contribution in [3.63, 3.8) is 0 Å². The number of carbonyl (C=O) groups is 1. The number of carbonyl (C=O) groups excluding carboxylic acids is 1. The molecule has 0 aliphatic rings. The molecule has 0 aromatic heterocycles. The zero-order chi connectivity index (χ0) is 17.0. The molecule has 0 aliphatic carbocycles. The SMILES string of the molecule is CCC(=O)OCc1ccc(C(F)(F)F)cc1-c1ccccc1C. The first kappa shape index (κ1) is 17.1. The number of halogens is 3. The molecule has 0 bridgehead atoms. The molecule has 122 valence electrons. The van der Waals surface area contributed by atoms with Crippen LogP contribution in [0, 0.1) is 6.92 Å². The summed E-state index contributed by atoms with van der Waals surface area (Å²) in [5, 5.41) is 0. The van der Waals surface area contributed by atoms with Crippen LogP contribution in [0.15, 0.2) is 42.5 Å². The van der Waals surface area contributed by atoms with E-state index in [1.54, 1.807) is 19.1 Å². The average molecular weight is 322 g/mol. The molecule has 0 saturated heterocycles. The van der Waals surface area contributed by atoms with Gasteiger partial charge in [0.15, 0.2) is 0 Å². The highest BCUT2D eigenvalue weighted by molar-refractivity contribution is 5.72. The molecule has 0 unspecified atom stereocenters. The van der Waals surface area contributed by atoms with Gasteiger partial charge in [0.25, 0.3) is 0 Å². The predicted octanol–water partition coefficient (Wildman–Crippen LogP) is 5.13. The van der Waals surface area contributed by atoms with E-state index in [0.717, 1.165) is 17.7 Å². The fourth-order valence-electron chi connectivity index (χ4n) is 2.26. The molecule has 2 aromatic rings. The second-order valence-corrected chi connectivity index (χ2v) is 5.20. The van der Waals surface area contributed by atoms with E-state index < -0.39 is 11.7 Å². The van der Waals surface area contributed by atoms with E-state index in [2.05, 4.69) is 0 Å². The highest BCUT2D eigenvalue weighted by Crippen LogP contribution is 2.35. The van der Waals surface area contributed by atoms with Crippen molar-refractivity contribution in [2.75, 3.05) is 0 Å². The summed E-state index contributed by atoms with van der Waals surface area (Å²) in [7, 11) is 0. The molecule has 2 aromatic carbocycles. The second-order valence-electron chi connectivity index (χ2n) is 5.20. The van der Waals surface area contributed by atoms with E-state index in [-0.39, 0.29) is 19.0 Å². The lowest BCUT2D eigenvalue weighted by atomic mass is 9.94. The fraction of sp³-hybridized carbons (Fsp3) is 0.278. The van der Waals surface area contributed by atoms with Crippen LogP contribution in [0.1, 0.15) is 30.0 Å². The van der Waals surface area contributed by atoms with Crippen molar-refractivity contribution in [2.45, 2.75) is 33.1 Å². The zero-order valence-corrected chi connectivity index (χ0v) is 12.9. The Morgan fingerprint density at radius 3 is 2.39 bits per heavy atom. The maximum atomic E-state index is 13.0. The summed E-state index contributed by atoms with van der Waals surface area (Å²) in [4.78, 5) is 11.3. The Hall–Kier alpha value is -2.30. The van der Waals surface area contributed by atoms with Crippen LogP contribution in [0.2, 0.25) is 0 Å². The zero-order valence-electron chi connectivity index (χ0n) is 12.9. The van der Waals surface area contributed by atoms with Crippen LogP contribution < -0.4 is 0 Å². The van der Waals surface area contributed by atoms with Crippen molar-refractivity contribution >= 4 is 5.97 Å². The number of benzene rings is 2. The van der Waals surface area contributed by atoms with Crippen LogP contribution in [0.25, 0.3) is 11.1 Å². The third-order valence-corrected chi connectivity index (χ3v) is 3.55. The van der Waals surface area contributed by atoms with Crippen LogP contribution in [-0.4, -0.2) is 5.97 Å². The first-order chi connectivity index (χ1) is 10.8. The number of hydrogen-bond acceptors (Lipinski definition) is 2. The van der Waals surface area contributed by atoms with Crippen LogP contribution in [-0.2, 0) is 22.3 Å². The van der Waals surface area contributed by atoms with Gasteiger partial charge in [0.1, 0.15) is 6.61 Å². The van der Waals surface area contributed by atoms with Crippen molar-refractivity contribution in [2.24, 2.45) is 0 Å². The molecule has 0 spiro atoms. The maximum Gasteiger partial charge on any atom is 0.416 e. The molecule has 5 heteroatoms. The molecule has 0 fully saturated rings. The molecule has 2 nitrogen and oxygen atoms in total. The van der Waals surface area contributed by atoms with Gasteiger partial charge in [0.2, 0.25) is 0 Å². The smallest absolute Gasteiger partial charge is 0.416 e. The first-order valence-electron chi connectivity index (χ1n) is 7.24. The van der Waals surface area contributed by atoms with E-state index in [1.165, 1.54) is 6.07 Å². The minimum Gasteiger partial charge on any atom is -0.461 e. The normalized spacial score (nSPS) is 11.3. The molecule has 2 rings (SSSR count). The summed E-state index contributed by atoms with van der Waals surface area (Å²) in [6.45, 7) is 3.45. The number of hydrogen-bond donors (Lipinski definition) is 0. The van der Waals surface area contributed by atoms with E-state index >= 15 is 0 Å². The standard InChI is InChI=1S/C18H17F3O2/c1-3-17(22)23-11-13-8-9-14(18(19,20)21)10-16(13)15-7-5-4-6-12(15)2/h4-10H,3,11H2,1-2H3.